The van der Waals surface area contributed by atoms with Crippen LogP contribution >= 0.6 is 23.2 Å². The van der Waals surface area contributed by atoms with Crippen LogP contribution in [0.1, 0.15) is 39.1 Å². The summed E-state index contributed by atoms with van der Waals surface area (Å²) in [5.41, 5.74) is 8.25. The van der Waals surface area contributed by atoms with E-state index >= 15 is 0 Å². The highest BCUT2D eigenvalue weighted by Gasteiger charge is 2.18. The number of aromatic nitrogens is 6. The van der Waals surface area contributed by atoms with Gasteiger partial charge in [0.15, 0.2) is 41.0 Å². The van der Waals surface area contributed by atoms with Crippen LogP contribution in [-0.4, -0.2) is 42.3 Å². The molecule has 11 nitrogen and oxygen atoms in total. The molecule has 0 amide bonds. The Morgan fingerprint density at radius 1 is 0.719 bits per heavy atom. The predicted molar refractivity (Wildman–Crippen MR) is 215 cm³/mol. The van der Waals surface area contributed by atoms with E-state index in [1.54, 1.807) is 30.3 Å². The molecule has 3 heterocycles. The summed E-state index contributed by atoms with van der Waals surface area (Å²) in [4.78, 5) is 30.7. The van der Waals surface area contributed by atoms with Crippen LogP contribution in [0.25, 0.3) is 22.6 Å². The number of benzene rings is 4. The first kappa shape index (κ1) is 45.1. The number of nitrogens with one attached hydrogen (secondary N) is 1. The molecule has 0 saturated heterocycles. The standard InChI is InChI=1S/C19H13ClF2N4O.C12H12F2N4O.C7H5ClO.2CH4/c1-2-26-17(11-6-3-4-7-12(11)20)24-15-10-23-19(25-18(15)26)27-16-13(21)8-5-9-14(16)22;1-2-16-11-9(15)6-17-12(18-11)19-10-7(13)4-3-5-8(10)14;8-7-4-2-1-3-6(7)5-9;;/h3-10H,2H2,1H3;3-6H,2,15H2,1H3,(H,16,17,18);1-5H;2*1H4. The molecule has 7 rings (SSSR count). The summed E-state index contributed by atoms with van der Waals surface area (Å²) >= 11 is 11.9. The number of nitrogens with two attached hydrogens (primary N) is 1. The summed E-state index contributed by atoms with van der Waals surface area (Å²) in [6, 6.07) is 20.8. The zero-order valence-electron chi connectivity index (χ0n) is 29.0. The molecule has 0 radical (unpaired) electrons. The maximum absolute atomic E-state index is 13.8. The van der Waals surface area contributed by atoms with Gasteiger partial charge in [-0.3, -0.25) is 4.79 Å². The monoisotopic (exact) mass is 824 g/mol. The quantitative estimate of drug-likeness (QED) is 0.107. The van der Waals surface area contributed by atoms with Crippen LogP contribution in [0, 0.1) is 23.3 Å². The lowest BCUT2D eigenvalue weighted by molar-refractivity contribution is 0.112. The third-order valence-electron chi connectivity index (χ3n) is 7.29. The number of fused-ring (bicyclic) bond motifs is 1. The lowest BCUT2D eigenvalue weighted by Gasteiger charge is -2.09. The van der Waals surface area contributed by atoms with Crippen LogP contribution in [0.15, 0.2) is 97.3 Å². The number of para-hydroxylation sites is 2. The topological polar surface area (TPSA) is 143 Å². The maximum Gasteiger partial charge on any atom is 0.324 e. The van der Waals surface area contributed by atoms with Gasteiger partial charge in [-0.2, -0.15) is 9.97 Å². The number of rotatable bonds is 9. The fraction of sp³-hybridized carbons (Fsp3) is 0.150. The zero-order chi connectivity index (χ0) is 39.5. The van der Waals surface area contributed by atoms with Crippen molar-refractivity contribution in [3.8, 4) is 34.9 Å². The first-order valence-corrected chi connectivity index (χ1v) is 17.1. The number of imidazole rings is 1. The van der Waals surface area contributed by atoms with Gasteiger partial charge in [0.1, 0.15) is 11.3 Å². The minimum atomic E-state index is -0.834. The highest BCUT2D eigenvalue weighted by molar-refractivity contribution is 6.33. The summed E-state index contributed by atoms with van der Waals surface area (Å²) in [6.07, 6.45) is 3.49. The van der Waals surface area contributed by atoms with E-state index in [0.717, 1.165) is 36.1 Å². The third-order valence-corrected chi connectivity index (χ3v) is 7.97. The molecule has 3 aromatic heterocycles. The van der Waals surface area contributed by atoms with Crippen molar-refractivity contribution >= 4 is 52.2 Å². The summed E-state index contributed by atoms with van der Waals surface area (Å²) in [5.74, 6) is -3.44. The Hall–Kier alpha value is -6.32. The van der Waals surface area contributed by atoms with Crippen molar-refractivity contribution in [2.24, 2.45) is 0 Å². The van der Waals surface area contributed by atoms with Crippen molar-refractivity contribution in [1.82, 2.24) is 29.5 Å². The minimum absolute atomic E-state index is 0. The molecule has 3 N–H and O–H groups in total. The van der Waals surface area contributed by atoms with Gasteiger partial charge in [-0.05, 0) is 56.3 Å². The third kappa shape index (κ3) is 11.1. The number of aldehydes is 1. The molecule has 0 aliphatic carbocycles. The Bertz CT molecular complexity index is 2400. The van der Waals surface area contributed by atoms with Crippen LogP contribution in [0.2, 0.25) is 10.0 Å². The van der Waals surface area contributed by atoms with Crippen molar-refractivity contribution in [3.05, 3.63) is 136 Å². The first-order valence-electron chi connectivity index (χ1n) is 16.3. The number of hydrogen-bond acceptors (Lipinski definition) is 10. The molecule has 0 bridgehead atoms. The molecule has 0 saturated carbocycles. The fourth-order valence-corrected chi connectivity index (χ4v) is 5.15. The van der Waals surface area contributed by atoms with E-state index in [9.17, 15) is 22.4 Å². The van der Waals surface area contributed by atoms with E-state index in [2.05, 4.69) is 30.2 Å². The van der Waals surface area contributed by atoms with E-state index in [1.807, 2.05) is 36.6 Å². The Labute approximate surface area is 336 Å². The van der Waals surface area contributed by atoms with Crippen molar-refractivity contribution < 1.29 is 31.8 Å². The summed E-state index contributed by atoms with van der Waals surface area (Å²) < 4.78 is 66.5. The number of ether oxygens (including phenoxy) is 2. The fourth-order valence-electron chi connectivity index (χ4n) is 4.75. The lowest BCUT2D eigenvalue weighted by Crippen LogP contribution is -2.06. The summed E-state index contributed by atoms with van der Waals surface area (Å²) in [5, 5.41) is 3.95. The van der Waals surface area contributed by atoms with Crippen LogP contribution in [-0.2, 0) is 6.54 Å². The van der Waals surface area contributed by atoms with Crippen molar-refractivity contribution in [1.29, 1.82) is 0 Å². The summed E-state index contributed by atoms with van der Waals surface area (Å²) in [6.45, 7) is 4.94. The summed E-state index contributed by atoms with van der Waals surface area (Å²) in [7, 11) is 0. The van der Waals surface area contributed by atoms with Gasteiger partial charge in [-0.25, -0.2) is 32.5 Å². The Morgan fingerprint density at radius 3 is 1.75 bits per heavy atom. The number of carbonyl (C=O) groups is 1. The van der Waals surface area contributed by atoms with Gasteiger partial charge in [-0.1, -0.05) is 80.5 Å². The Morgan fingerprint density at radius 2 is 1.25 bits per heavy atom. The normalized spacial score (nSPS) is 10.1. The molecule has 0 spiro atoms. The van der Waals surface area contributed by atoms with E-state index in [1.165, 1.54) is 24.5 Å². The molecule has 7 aromatic rings. The number of carbonyl (C=O) groups excluding carboxylic acids is 1. The number of anilines is 2. The van der Waals surface area contributed by atoms with Crippen LogP contribution in [0.3, 0.4) is 0 Å². The Balaban J connectivity index is 0.000000253. The van der Waals surface area contributed by atoms with Crippen molar-refractivity contribution in [3.63, 3.8) is 0 Å². The average molecular weight is 826 g/mol. The minimum Gasteiger partial charge on any atom is -0.418 e. The molecule has 17 heteroatoms. The number of halogens is 6. The molecule has 0 aliphatic heterocycles. The van der Waals surface area contributed by atoms with Gasteiger partial charge >= 0.3 is 12.0 Å². The average Bonchev–Trinajstić information content (AvgIpc) is 3.54. The number of nitrogen functional groups attached to an aromatic ring is 1. The van der Waals surface area contributed by atoms with Crippen LogP contribution < -0.4 is 20.5 Å². The van der Waals surface area contributed by atoms with Crippen molar-refractivity contribution in [2.45, 2.75) is 35.2 Å². The first-order chi connectivity index (χ1) is 26.5. The lowest BCUT2D eigenvalue weighted by atomic mass is 10.2. The van der Waals surface area contributed by atoms with E-state index in [0.29, 0.717) is 57.2 Å². The van der Waals surface area contributed by atoms with Gasteiger partial charge in [-0.15, -0.1) is 0 Å². The number of nitrogens with zero attached hydrogens (tertiary/aromatic N) is 6. The van der Waals surface area contributed by atoms with E-state index in [4.69, 9.17) is 38.4 Å². The second-order valence-corrected chi connectivity index (χ2v) is 11.8. The second-order valence-electron chi connectivity index (χ2n) is 11.0. The molecular weight excluding hydrogens is 787 g/mol. The van der Waals surface area contributed by atoms with Gasteiger partial charge < -0.3 is 25.1 Å². The molecule has 57 heavy (non-hydrogen) atoms. The molecule has 0 atom stereocenters. The molecule has 0 unspecified atom stereocenters. The molecule has 0 fully saturated rings. The molecule has 0 aliphatic rings. The highest BCUT2D eigenvalue weighted by atomic mass is 35.5. The Kier molecular flexibility index (Phi) is 16.7. The van der Waals surface area contributed by atoms with Gasteiger partial charge in [0, 0.05) is 24.2 Å². The molecular formula is C40H38Cl2F4N8O3. The predicted octanol–water partition coefficient (Wildman–Crippen LogP) is 11.2. The van der Waals surface area contributed by atoms with E-state index in [-0.39, 0.29) is 26.9 Å². The zero-order valence-corrected chi connectivity index (χ0v) is 30.5. The van der Waals surface area contributed by atoms with Gasteiger partial charge in [0.25, 0.3) is 0 Å². The molecule has 298 valence electrons. The van der Waals surface area contributed by atoms with Crippen LogP contribution in [0.5, 0.6) is 23.5 Å². The van der Waals surface area contributed by atoms with Crippen molar-refractivity contribution in [2.75, 3.05) is 17.6 Å². The van der Waals surface area contributed by atoms with Gasteiger partial charge in [0.05, 0.1) is 28.1 Å². The largest absolute Gasteiger partial charge is 0.418 e. The highest BCUT2D eigenvalue weighted by Crippen LogP contribution is 2.31. The second kappa shape index (κ2) is 21.1. The SMILES string of the molecule is C.C.CCNc1nc(Oc2c(F)cccc2F)ncc1N.CCn1c(-c2ccccc2Cl)nc2cnc(Oc3c(F)cccc3F)nc21.O=Cc1ccccc1Cl. The van der Waals surface area contributed by atoms with E-state index < -0.39 is 34.8 Å². The van der Waals surface area contributed by atoms with Crippen LogP contribution in [0.4, 0.5) is 29.1 Å². The number of hydrogen-bond donors (Lipinski definition) is 2. The molecule has 4 aromatic carbocycles. The number of aryl methyl sites for hydroxylation is 1. The smallest absolute Gasteiger partial charge is 0.324 e. The maximum atomic E-state index is 13.8. The van der Waals surface area contributed by atoms with Gasteiger partial charge in [0.2, 0.25) is 11.5 Å².